The Hall–Kier alpha value is -2.66. The van der Waals surface area contributed by atoms with Crippen LogP contribution in [0.3, 0.4) is 0 Å². The Labute approximate surface area is 286 Å². The molecule has 1 aromatic rings. The molecule has 16 heteroatoms. The number of hydrogen-bond acceptors (Lipinski definition) is 8. The van der Waals surface area contributed by atoms with E-state index in [4.69, 9.17) is 9.05 Å². The van der Waals surface area contributed by atoms with Crippen molar-refractivity contribution in [3.63, 3.8) is 0 Å². The second-order valence-corrected chi connectivity index (χ2v) is 17.4. The molecule has 49 heavy (non-hydrogen) atoms. The fraction of sp³-hybridized carbons (Fsp3) is 0.636. The Morgan fingerprint density at radius 2 is 1.39 bits per heavy atom. The van der Waals surface area contributed by atoms with Gasteiger partial charge in [-0.15, -0.1) is 0 Å². The molecule has 278 valence electrons. The molecule has 6 atom stereocenters. The van der Waals surface area contributed by atoms with Gasteiger partial charge in [0.05, 0.1) is 14.2 Å². The molecule has 4 unspecified atom stereocenters. The van der Waals surface area contributed by atoms with E-state index in [1.165, 1.54) is 26.0 Å². The molecule has 0 spiro atoms. The van der Waals surface area contributed by atoms with Gasteiger partial charge in [0, 0.05) is 25.3 Å². The number of aryl methyl sites for hydroxylation is 1. The third-order valence-corrected chi connectivity index (χ3v) is 12.7. The Kier molecular flexibility index (Phi) is 14.8. The van der Waals surface area contributed by atoms with Crippen LogP contribution in [0.4, 0.5) is 17.6 Å². The van der Waals surface area contributed by atoms with Crippen molar-refractivity contribution in [2.24, 2.45) is 5.92 Å². The molecule has 0 saturated heterocycles. The molecular formula is C33H50F4N2O8P2. The summed E-state index contributed by atoms with van der Waals surface area (Å²) in [6.45, 7) is 12.7. The van der Waals surface area contributed by atoms with Crippen LogP contribution in [0, 0.1) is 5.92 Å². The summed E-state index contributed by atoms with van der Waals surface area (Å²) in [5.41, 5.74) is -6.32. The molecule has 10 nitrogen and oxygen atoms in total. The average Bonchev–Trinajstić information content (AvgIpc) is 2.98. The number of halogens is 4. The van der Waals surface area contributed by atoms with Crippen LogP contribution in [0.1, 0.15) is 97.6 Å². The van der Waals surface area contributed by atoms with Crippen LogP contribution in [-0.4, -0.2) is 49.6 Å². The predicted octanol–water partition coefficient (Wildman–Crippen LogP) is 9.11. The maximum absolute atomic E-state index is 15.3. The standard InChI is InChI=1S/C33H50F4N2O8P2/c1-11-12-13-14-24-18-27(46-48(42,32(7,34)35)38-22(5)30(40)44-9)29(26-17-21(4)15-16-25(26)20(2)3)28(19-24)47-49(43,33(8,36)37)39-23(6)31(41)45-10/h17-19,22-23,25-26H,2,11-16H2,1,3-10H3,(H,38,42)(H,39,43)/t22-,23-,25?,26?,48?,49?/m0/s1. The Bertz CT molecular complexity index is 1410. The number of esters is 2. The molecule has 0 bridgehead atoms. The third-order valence-electron chi connectivity index (χ3n) is 8.27. The molecule has 0 aliphatic heterocycles. The van der Waals surface area contributed by atoms with Crippen LogP contribution in [0.2, 0.25) is 0 Å². The highest BCUT2D eigenvalue weighted by molar-refractivity contribution is 7.59. The molecule has 1 aliphatic rings. The zero-order valence-electron chi connectivity index (χ0n) is 29.7. The number of benzene rings is 1. The number of carbonyl (C=O) groups excluding carboxylic acids is 2. The highest BCUT2D eigenvalue weighted by Crippen LogP contribution is 2.62. The molecule has 0 saturated carbocycles. The second kappa shape index (κ2) is 17.0. The number of unbranched alkanes of at least 4 members (excludes halogenated alkanes) is 2. The van der Waals surface area contributed by atoms with Gasteiger partial charge in [-0.2, -0.15) is 17.6 Å². The van der Waals surface area contributed by atoms with Gasteiger partial charge in [0.15, 0.2) is 0 Å². The minimum Gasteiger partial charge on any atom is -0.468 e. The molecule has 0 radical (unpaired) electrons. The van der Waals surface area contributed by atoms with Crippen molar-refractivity contribution < 1.29 is 54.8 Å². The van der Waals surface area contributed by atoms with E-state index in [0.717, 1.165) is 32.6 Å². The Morgan fingerprint density at radius 3 is 1.76 bits per heavy atom. The van der Waals surface area contributed by atoms with E-state index in [2.05, 4.69) is 26.2 Å². The summed E-state index contributed by atoms with van der Waals surface area (Å²) in [5, 5.41) is 4.22. The first-order valence-corrected chi connectivity index (χ1v) is 19.3. The van der Waals surface area contributed by atoms with Crippen LogP contribution in [-0.2, 0) is 34.6 Å². The van der Waals surface area contributed by atoms with Crippen LogP contribution < -0.4 is 19.2 Å². The first-order chi connectivity index (χ1) is 22.5. The topological polar surface area (TPSA) is 129 Å². The number of alkyl halides is 4. The van der Waals surface area contributed by atoms with E-state index in [9.17, 15) is 18.7 Å². The van der Waals surface area contributed by atoms with Gasteiger partial charge in [-0.1, -0.05) is 43.6 Å². The third kappa shape index (κ3) is 10.7. The Balaban J connectivity index is 3.05. The Morgan fingerprint density at radius 1 is 0.939 bits per heavy atom. The number of hydrogen-bond donors (Lipinski definition) is 2. The lowest BCUT2D eigenvalue weighted by Crippen LogP contribution is -2.39. The lowest BCUT2D eigenvalue weighted by atomic mass is 9.73. The quantitative estimate of drug-likeness (QED) is 0.0494. The van der Waals surface area contributed by atoms with Gasteiger partial charge in [0.1, 0.15) is 23.6 Å². The summed E-state index contributed by atoms with van der Waals surface area (Å²) >= 11 is 0. The minimum absolute atomic E-state index is 0.0831. The normalized spacial score (nSPS) is 20.6. The fourth-order valence-electron chi connectivity index (χ4n) is 5.45. The maximum Gasteiger partial charge on any atom is 0.385 e. The highest BCUT2D eigenvalue weighted by Gasteiger charge is 2.53. The van der Waals surface area contributed by atoms with Crippen molar-refractivity contribution in [1.82, 2.24) is 10.2 Å². The molecule has 0 fully saturated rings. The molecule has 1 aromatic carbocycles. The van der Waals surface area contributed by atoms with Crippen molar-refractivity contribution in [1.29, 1.82) is 0 Å². The van der Waals surface area contributed by atoms with Crippen molar-refractivity contribution in [3.8, 4) is 11.5 Å². The van der Waals surface area contributed by atoms with E-state index >= 15 is 17.6 Å². The van der Waals surface area contributed by atoms with Gasteiger partial charge in [-0.3, -0.25) is 18.7 Å². The number of ether oxygens (including phenoxy) is 2. The maximum atomic E-state index is 15.3. The van der Waals surface area contributed by atoms with E-state index in [1.807, 2.05) is 13.8 Å². The van der Waals surface area contributed by atoms with Crippen molar-refractivity contribution >= 4 is 27.0 Å². The smallest absolute Gasteiger partial charge is 0.385 e. The minimum atomic E-state index is -5.36. The number of methoxy groups -OCH3 is 2. The van der Waals surface area contributed by atoms with Crippen LogP contribution in [0.15, 0.2) is 35.9 Å². The van der Waals surface area contributed by atoms with Crippen molar-refractivity contribution in [3.05, 3.63) is 47.1 Å². The lowest BCUT2D eigenvalue weighted by Gasteiger charge is -2.36. The number of carbonyl (C=O) groups is 2. The highest BCUT2D eigenvalue weighted by atomic mass is 31.2. The molecule has 0 heterocycles. The summed E-state index contributed by atoms with van der Waals surface area (Å²) in [6.07, 6.45) is 5.40. The number of nitrogens with one attached hydrogen (secondary N) is 2. The number of rotatable bonds is 18. The molecular weight excluding hydrogens is 690 g/mol. The lowest BCUT2D eigenvalue weighted by molar-refractivity contribution is -0.143. The first kappa shape index (κ1) is 42.5. The van der Waals surface area contributed by atoms with Gasteiger partial charge in [-0.05, 0) is 77.0 Å². The zero-order chi connectivity index (χ0) is 37.5. The largest absolute Gasteiger partial charge is 0.468 e. The van der Waals surface area contributed by atoms with Crippen molar-refractivity contribution in [2.75, 3.05) is 14.2 Å². The fourth-order valence-corrected chi connectivity index (χ4v) is 8.42. The van der Waals surface area contributed by atoms with E-state index in [1.54, 1.807) is 13.0 Å². The predicted molar refractivity (Wildman–Crippen MR) is 181 cm³/mol. The first-order valence-electron chi connectivity index (χ1n) is 16.1. The molecule has 0 aromatic heterocycles. The molecule has 2 N–H and O–H groups in total. The van der Waals surface area contributed by atoms with E-state index in [0.29, 0.717) is 50.7 Å². The summed E-state index contributed by atoms with van der Waals surface area (Å²) in [6, 6.07) is -0.241. The van der Waals surface area contributed by atoms with Crippen LogP contribution in [0.25, 0.3) is 0 Å². The summed E-state index contributed by atoms with van der Waals surface area (Å²) in [7, 11) is -8.65. The summed E-state index contributed by atoms with van der Waals surface area (Å²) in [5.74, 6) is -4.01. The van der Waals surface area contributed by atoms with Gasteiger partial charge in [-0.25, -0.2) is 10.2 Å². The zero-order valence-corrected chi connectivity index (χ0v) is 31.5. The van der Waals surface area contributed by atoms with Crippen molar-refractivity contribution in [2.45, 2.75) is 116 Å². The summed E-state index contributed by atoms with van der Waals surface area (Å²) in [4.78, 5) is 24.4. The van der Waals surface area contributed by atoms with E-state index in [-0.39, 0.29) is 5.56 Å². The average molecular weight is 741 g/mol. The number of allylic oxidation sites excluding steroid dienone is 3. The van der Waals surface area contributed by atoms with Gasteiger partial charge in [0.2, 0.25) is 0 Å². The molecule has 1 aliphatic carbocycles. The molecule has 0 amide bonds. The van der Waals surface area contributed by atoms with Gasteiger partial charge >= 0.3 is 38.3 Å². The van der Waals surface area contributed by atoms with Crippen LogP contribution in [0.5, 0.6) is 11.5 Å². The SMILES string of the molecule is C=C(C)C1CCC(C)=CC1c1c(OP(=O)(N[C@@H](C)C(=O)OC)C(C)(F)F)cc(CCCCC)cc1OP(=O)(N[C@@H](C)C(=O)OC)C(C)(F)F. The van der Waals surface area contributed by atoms with Gasteiger partial charge < -0.3 is 18.5 Å². The van der Waals surface area contributed by atoms with Crippen LogP contribution >= 0.6 is 15.0 Å². The molecule has 2 rings (SSSR count). The van der Waals surface area contributed by atoms with E-state index < -0.39 is 73.7 Å². The second-order valence-electron chi connectivity index (χ2n) is 12.7. The monoisotopic (exact) mass is 740 g/mol. The summed E-state index contributed by atoms with van der Waals surface area (Å²) < 4.78 is 110. The van der Waals surface area contributed by atoms with Gasteiger partial charge in [0.25, 0.3) is 0 Å².